The number of phosphoric acid groups is 1. The Kier molecular flexibility index (Phi) is 43.5. The Balaban J connectivity index is 4.20. The number of rotatable bonds is 44. The van der Waals surface area contributed by atoms with Crippen LogP contribution < -0.4 is 5.73 Å². The van der Waals surface area contributed by atoms with Gasteiger partial charge in [0.25, 0.3) is 0 Å². The predicted molar refractivity (Wildman–Crippen MR) is 247 cm³/mol. The molecule has 0 aromatic carbocycles. The van der Waals surface area contributed by atoms with Crippen LogP contribution in [0.2, 0.25) is 0 Å². The number of esters is 2. The first kappa shape index (κ1) is 56.7. The van der Waals surface area contributed by atoms with Gasteiger partial charge in [0.2, 0.25) is 0 Å². The Morgan fingerprint density at radius 3 is 1.37 bits per heavy atom. The molecule has 0 amide bonds. The molecular weight excluding hydrogens is 762 g/mol. The van der Waals surface area contributed by atoms with Crippen molar-refractivity contribution in [2.75, 3.05) is 26.4 Å². The van der Waals surface area contributed by atoms with Gasteiger partial charge in [-0.2, -0.15) is 0 Å². The lowest BCUT2D eigenvalue weighted by Gasteiger charge is -2.19. The van der Waals surface area contributed by atoms with E-state index < -0.39 is 32.5 Å². The van der Waals surface area contributed by atoms with Crippen molar-refractivity contribution < 1.29 is 37.6 Å². The molecule has 59 heavy (non-hydrogen) atoms. The van der Waals surface area contributed by atoms with Crippen LogP contribution in [-0.2, 0) is 32.7 Å². The van der Waals surface area contributed by atoms with Gasteiger partial charge >= 0.3 is 19.8 Å². The third-order valence-electron chi connectivity index (χ3n) is 9.92. The minimum Gasteiger partial charge on any atom is -0.462 e. The molecule has 1 unspecified atom stereocenters. The van der Waals surface area contributed by atoms with Crippen LogP contribution in [0.1, 0.15) is 206 Å². The maximum absolute atomic E-state index is 12.6. The van der Waals surface area contributed by atoms with Gasteiger partial charge in [0.1, 0.15) is 6.61 Å². The zero-order chi connectivity index (χ0) is 43.2. The van der Waals surface area contributed by atoms with Crippen molar-refractivity contribution in [2.24, 2.45) is 5.73 Å². The van der Waals surface area contributed by atoms with E-state index in [0.717, 1.165) is 44.9 Å². The molecule has 9 nitrogen and oxygen atoms in total. The van der Waals surface area contributed by atoms with Crippen molar-refractivity contribution in [3.63, 3.8) is 0 Å². The Labute approximate surface area is 361 Å². The Morgan fingerprint density at radius 2 is 0.915 bits per heavy atom. The zero-order valence-electron chi connectivity index (χ0n) is 37.7. The van der Waals surface area contributed by atoms with Gasteiger partial charge in [-0.3, -0.25) is 18.6 Å². The van der Waals surface area contributed by atoms with Crippen LogP contribution in [-0.4, -0.2) is 49.3 Å². The number of unbranched alkanes of at least 4 members (excludes halogenated alkanes) is 21. The van der Waals surface area contributed by atoms with Gasteiger partial charge < -0.3 is 20.1 Å². The monoisotopic (exact) mass is 850 g/mol. The summed E-state index contributed by atoms with van der Waals surface area (Å²) >= 11 is 0. The van der Waals surface area contributed by atoms with Crippen LogP contribution in [0.4, 0.5) is 0 Å². The molecule has 2 atom stereocenters. The lowest BCUT2D eigenvalue weighted by Crippen LogP contribution is -2.29. The number of hydrogen-bond acceptors (Lipinski definition) is 8. The van der Waals surface area contributed by atoms with E-state index in [9.17, 15) is 19.0 Å². The molecule has 0 aliphatic carbocycles. The number of ether oxygens (including phenoxy) is 2. The second-order valence-corrected chi connectivity index (χ2v) is 17.1. The predicted octanol–water partition coefficient (Wildman–Crippen LogP) is 14.1. The number of carbonyl (C=O) groups excluding carboxylic acids is 2. The number of nitrogens with two attached hydrogens (primary N) is 1. The van der Waals surface area contributed by atoms with Crippen LogP contribution in [0.5, 0.6) is 0 Å². The van der Waals surface area contributed by atoms with E-state index >= 15 is 0 Å². The van der Waals surface area contributed by atoms with E-state index in [1.165, 1.54) is 122 Å². The summed E-state index contributed by atoms with van der Waals surface area (Å²) in [5, 5.41) is 0. The van der Waals surface area contributed by atoms with Gasteiger partial charge in [-0.15, -0.1) is 0 Å². The van der Waals surface area contributed by atoms with Crippen molar-refractivity contribution in [1.29, 1.82) is 0 Å². The highest BCUT2D eigenvalue weighted by atomic mass is 31.2. The van der Waals surface area contributed by atoms with E-state index in [2.05, 4.69) is 62.5 Å². The standard InChI is InChI=1S/C49H88NO8P/c1-3-5-7-9-11-13-15-17-19-21-23-25-27-29-31-33-35-37-39-41-48(51)55-45-47(46-57-59(53,54)56-44-43-50)58-49(52)42-40-38-36-34-32-30-28-26-24-22-20-18-16-14-12-10-8-6-4-2/h11,13,17,19,23,25,29,31,35,37,47H,3-10,12,14-16,18,20-22,24,26-28,30,32-34,36,38-46,50H2,1-2H3,(H,53,54)/t47-/m1/s1. The maximum atomic E-state index is 12.6. The van der Waals surface area contributed by atoms with E-state index in [0.29, 0.717) is 12.8 Å². The first-order valence-electron chi connectivity index (χ1n) is 23.8. The average Bonchev–Trinajstić information content (AvgIpc) is 3.22. The van der Waals surface area contributed by atoms with Crippen LogP contribution >= 0.6 is 7.82 Å². The van der Waals surface area contributed by atoms with E-state index in [1.807, 2.05) is 12.2 Å². The summed E-state index contributed by atoms with van der Waals surface area (Å²) in [5.74, 6) is -0.921. The van der Waals surface area contributed by atoms with Gasteiger partial charge in [-0.05, 0) is 51.4 Å². The molecule has 10 heteroatoms. The fourth-order valence-corrected chi connectivity index (χ4v) is 7.15. The first-order valence-corrected chi connectivity index (χ1v) is 25.3. The molecule has 0 aliphatic rings. The second-order valence-electron chi connectivity index (χ2n) is 15.6. The SMILES string of the molecule is CCCCCC=CCC=CCC=CCC=CCC=CCCC(=O)OC[C@H](COP(=O)(O)OCCN)OC(=O)CCCCCCCCCCCCCCCCCCCCC. The van der Waals surface area contributed by atoms with Gasteiger partial charge in [-0.1, -0.05) is 203 Å². The number of phosphoric ester groups is 1. The maximum Gasteiger partial charge on any atom is 0.472 e. The molecule has 0 aliphatic heterocycles. The number of allylic oxidation sites excluding steroid dienone is 10. The molecule has 0 saturated carbocycles. The highest BCUT2D eigenvalue weighted by Gasteiger charge is 2.26. The fraction of sp³-hybridized carbons (Fsp3) is 0.755. The topological polar surface area (TPSA) is 134 Å². The highest BCUT2D eigenvalue weighted by molar-refractivity contribution is 7.47. The summed E-state index contributed by atoms with van der Waals surface area (Å²) in [6.45, 7) is 3.64. The summed E-state index contributed by atoms with van der Waals surface area (Å²) in [7, 11) is -4.40. The largest absolute Gasteiger partial charge is 0.472 e. The van der Waals surface area contributed by atoms with Crippen molar-refractivity contribution in [2.45, 2.75) is 213 Å². The zero-order valence-corrected chi connectivity index (χ0v) is 38.6. The van der Waals surface area contributed by atoms with E-state index in [4.69, 9.17) is 24.3 Å². The molecule has 0 saturated heterocycles. The lowest BCUT2D eigenvalue weighted by molar-refractivity contribution is -0.161. The normalized spacial score (nSPS) is 13.8. The van der Waals surface area contributed by atoms with Crippen LogP contribution in [0, 0.1) is 0 Å². The average molecular weight is 850 g/mol. The van der Waals surface area contributed by atoms with Gasteiger partial charge in [0, 0.05) is 19.4 Å². The molecule has 0 fully saturated rings. The molecule has 3 N–H and O–H groups in total. The van der Waals surface area contributed by atoms with Gasteiger partial charge in [0.15, 0.2) is 6.10 Å². The minimum absolute atomic E-state index is 0.0430. The molecule has 0 aromatic heterocycles. The third-order valence-corrected chi connectivity index (χ3v) is 10.9. The van der Waals surface area contributed by atoms with Crippen molar-refractivity contribution in [1.82, 2.24) is 0 Å². The summed E-state index contributed by atoms with van der Waals surface area (Å²) in [6.07, 6.45) is 54.1. The number of carbonyl (C=O) groups is 2. The third kappa shape index (κ3) is 45.1. The molecule has 0 bridgehead atoms. The molecule has 0 heterocycles. The minimum atomic E-state index is -4.40. The van der Waals surface area contributed by atoms with Gasteiger partial charge in [0.05, 0.1) is 13.2 Å². The van der Waals surface area contributed by atoms with Crippen molar-refractivity contribution in [3.05, 3.63) is 60.8 Å². The van der Waals surface area contributed by atoms with E-state index in [1.54, 1.807) is 0 Å². The quantitative estimate of drug-likeness (QED) is 0.0266. The van der Waals surface area contributed by atoms with Crippen LogP contribution in [0.25, 0.3) is 0 Å². The molecule has 0 rings (SSSR count). The summed E-state index contributed by atoms with van der Waals surface area (Å²) < 4.78 is 32.8. The smallest absolute Gasteiger partial charge is 0.462 e. The van der Waals surface area contributed by atoms with Crippen LogP contribution in [0.15, 0.2) is 60.8 Å². The Morgan fingerprint density at radius 1 is 0.508 bits per heavy atom. The molecular formula is C49H88NO8P. The Hall–Kier alpha value is -2.29. The molecule has 342 valence electrons. The summed E-state index contributed by atoms with van der Waals surface area (Å²) in [6, 6.07) is 0. The number of hydrogen-bond donors (Lipinski definition) is 2. The van der Waals surface area contributed by atoms with Crippen molar-refractivity contribution in [3.8, 4) is 0 Å². The second kappa shape index (κ2) is 45.2. The Bertz CT molecular complexity index is 1150. The molecule has 0 aromatic rings. The molecule has 0 spiro atoms. The van der Waals surface area contributed by atoms with Crippen molar-refractivity contribution >= 4 is 19.8 Å². The summed E-state index contributed by atoms with van der Waals surface area (Å²) in [5.41, 5.74) is 5.35. The van der Waals surface area contributed by atoms with Crippen LogP contribution in [0.3, 0.4) is 0 Å². The molecule has 0 radical (unpaired) electrons. The summed E-state index contributed by atoms with van der Waals surface area (Å²) in [4.78, 5) is 34.9. The lowest BCUT2D eigenvalue weighted by atomic mass is 10.0. The fourth-order valence-electron chi connectivity index (χ4n) is 6.38. The van der Waals surface area contributed by atoms with Gasteiger partial charge in [-0.25, -0.2) is 4.57 Å². The first-order chi connectivity index (χ1) is 28.8. The van der Waals surface area contributed by atoms with E-state index in [-0.39, 0.29) is 32.6 Å². The highest BCUT2D eigenvalue weighted by Crippen LogP contribution is 2.43.